The summed E-state index contributed by atoms with van der Waals surface area (Å²) in [6, 6.07) is 2.05. The monoisotopic (exact) mass is 456 g/mol. The predicted octanol–water partition coefficient (Wildman–Crippen LogP) is 3.18. The molecule has 2 aromatic rings. The minimum absolute atomic E-state index is 0.175. The number of sulfonamides is 1. The van der Waals surface area contributed by atoms with Gasteiger partial charge in [-0.1, -0.05) is 11.6 Å². The molecule has 7 nitrogen and oxygen atoms in total. The molecule has 2 rings (SSSR count). The number of alkyl halides is 2. The van der Waals surface area contributed by atoms with Crippen LogP contribution in [0.5, 0.6) is 17.4 Å². The summed E-state index contributed by atoms with van der Waals surface area (Å²) in [6.45, 7) is -2.23. The van der Waals surface area contributed by atoms with Gasteiger partial charge >= 0.3 is 0 Å². The Labute approximate surface area is 167 Å². The van der Waals surface area contributed by atoms with Gasteiger partial charge in [0.05, 0.1) is 18.0 Å². The number of nitrogens with one attached hydrogen (secondary N) is 1. The molecule has 0 fully saturated rings. The highest BCUT2D eigenvalue weighted by atomic mass is 35.5. The number of pyridine rings is 1. The second-order valence-corrected chi connectivity index (χ2v) is 7.73. The lowest BCUT2D eigenvalue weighted by molar-refractivity contribution is 0.0977. The van der Waals surface area contributed by atoms with Gasteiger partial charge in [-0.15, -0.1) is 0 Å². The molecular formula is C16H13ClF4N2O5S. The van der Waals surface area contributed by atoms with Gasteiger partial charge in [0.25, 0.3) is 5.91 Å². The molecule has 0 radical (unpaired) electrons. The molecule has 0 saturated heterocycles. The molecule has 0 aliphatic heterocycles. The third-order valence-corrected chi connectivity index (χ3v) is 4.00. The van der Waals surface area contributed by atoms with E-state index in [1.165, 1.54) is 4.72 Å². The molecule has 1 amide bonds. The zero-order valence-corrected chi connectivity index (χ0v) is 16.2. The molecule has 1 aromatic heterocycles. The molecule has 0 saturated carbocycles. The third kappa shape index (κ3) is 6.19. The van der Waals surface area contributed by atoms with Gasteiger partial charge in [0.2, 0.25) is 15.9 Å². The second-order valence-electron chi connectivity index (χ2n) is 5.57. The summed E-state index contributed by atoms with van der Waals surface area (Å²) in [5.74, 6) is -4.93. The van der Waals surface area contributed by atoms with Gasteiger partial charge in [0.15, 0.2) is 17.7 Å². The Balaban J connectivity index is 2.23. The number of benzene rings is 1. The number of ether oxygens (including phenoxy) is 2. The Morgan fingerprint density at radius 2 is 1.86 bits per heavy atom. The first-order valence-corrected chi connectivity index (χ1v) is 9.94. The van der Waals surface area contributed by atoms with Crippen molar-refractivity contribution in [3.63, 3.8) is 0 Å². The topological polar surface area (TPSA) is 94.6 Å². The summed E-state index contributed by atoms with van der Waals surface area (Å²) >= 11 is 5.86. The fraction of sp³-hybridized carbons (Fsp3) is 0.250. The van der Waals surface area contributed by atoms with E-state index in [0.717, 1.165) is 12.3 Å². The number of nitrogens with zero attached hydrogens (tertiary/aromatic N) is 1. The molecule has 0 unspecified atom stereocenters. The van der Waals surface area contributed by atoms with Crippen molar-refractivity contribution in [1.82, 2.24) is 9.71 Å². The highest BCUT2D eigenvalue weighted by Gasteiger charge is 2.20. The number of hydrogen-bond donors (Lipinski definition) is 1. The normalized spacial score (nSPS) is 11.4. The first kappa shape index (κ1) is 22.7. The van der Waals surface area contributed by atoms with Crippen molar-refractivity contribution < 1.29 is 40.2 Å². The van der Waals surface area contributed by atoms with Gasteiger partial charge in [0.1, 0.15) is 29.9 Å². The average Bonchev–Trinajstić information content (AvgIpc) is 2.62. The second kappa shape index (κ2) is 9.27. The standard InChI is InChI=1S/C16H13ClF4N2O5S/c1-29(25,26)23-15(24)10-3-13(21)14(4-12(10)20)27-8-2-11(17)16(22-7-8)28-9(5-18)6-19/h2-4,7,9H,5-6H2,1H3,(H,23,24). The maximum atomic E-state index is 14.2. The number of rotatable bonds is 8. The number of carbonyl (C=O) groups excluding carboxylic acids is 1. The van der Waals surface area contributed by atoms with Gasteiger partial charge in [-0.2, -0.15) is 0 Å². The van der Waals surface area contributed by atoms with Crippen LogP contribution in [0.1, 0.15) is 10.4 Å². The van der Waals surface area contributed by atoms with Crippen LogP contribution >= 0.6 is 11.6 Å². The quantitative estimate of drug-likeness (QED) is 0.613. The molecule has 0 aliphatic rings. The molecule has 1 heterocycles. The molecule has 29 heavy (non-hydrogen) atoms. The van der Waals surface area contributed by atoms with Crippen molar-refractivity contribution in [2.24, 2.45) is 0 Å². The number of aromatic nitrogens is 1. The molecule has 1 aromatic carbocycles. The summed E-state index contributed by atoms with van der Waals surface area (Å²) in [6.07, 6.45) is 0.254. The Kier molecular flexibility index (Phi) is 7.25. The van der Waals surface area contributed by atoms with Crippen molar-refractivity contribution in [2.75, 3.05) is 19.6 Å². The van der Waals surface area contributed by atoms with Crippen molar-refractivity contribution in [3.05, 3.63) is 46.6 Å². The van der Waals surface area contributed by atoms with E-state index in [9.17, 15) is 30.8 Å². The van der Waals surface area contributed by atoms with Crippen LogP contribution in [-0.2, 0) is 10.0 Å². The molecule has 1 N–H and O–H groups in total. The van der Waals surface area contributed by atoms with E-state index in [1.807, 2.05) is 0 Å². The fourth-order valence-corrected chi connectivity index (χ4v) is 2.59. The number of halogens is 5. The van der Waals surface area contributed by atoms with Crippen LogP contribution in [0.4, 0.5) is 17.6 Å². The van der Waals surface area contributed by atoms with Crippen LogP contribution in [-0.4, -0.2) is 45.0 Å². The Bertz CT molecular complexity index is 1020. The van der Waals surface area contributed by atoms with E-state index in [1.54, 1.807) is 0 Å². The minimum Gasteiger partial charge on any atom is -0.468 e. The van der Waals surface area contributed by atoms with Crippen LogP contribution in [0.15, 0.2) is 24.4 Å². The Hall–Kier alpha value is -2.60. The van der Waals surface area contributed by atoms with Crippen molar-refractivity contribution in [3.8, 4) is 17.4 Å². The first-order chi connectivity index (χ1) is 13.5. The van der Waals surface area contributed by atoms with Gasteiger partial charge < -0.3 is 9.47 Å². The first-order valence-electron chi connectivity index (χ1n) is 7.67. The Morgan fingerprint density at radius 3 is 2.41 bits per heavy atom. The molecule has 0 spiro atoms. The van der Waals surface area contributed by atoms with E-state index in [2.05, 4.69) is 4.98 Å². The zero-order chi connectivity index (χ0) is 21.8. The molecular weight excluding hydrogens is 444 g/mol. The molecule has 0 atom stereocenters. The average molecular weight is 457 g/mol. The van der Waals surface area contributed by atoms with Crippen LogP contribution in [0.25, 0.3) is 0 Å². The summed E-state index contributed by atoms with van der Waals surface area (Å²) in [7, 11) is -3.98. The van der Waals surface area contributed by atoms with Crippen LogP contribution in [0, 0.1) is 11.6 Å². The molecule has 13 heteroatoms. The molecule has 0 aliphatic carbocycles. The van der Waals surface area contributed by atoms with Crippen LogP contribution in [0.3, 0.4) is 0 Å². The predicted molar refractivity (Wildman–Crippen MR) is 94.4 cm³/mol. The van der Waals surface area contributed by atoms with E-state index in [0.29, 0.717) is 18.4 Å². The largest absolute Gasteiger partial charge is 0.468 e. The summed E-state index contributed by atoms with van der Waals surface area (Å²) in [4.78, 5) is 15.4. The Morgan fingerprint density at radius 1 is 1.21 bits per heavy atom. The van der Waals surface area contributed by atoms with E-state index >= 15 is 0 Å². The van der Waals surface area contributed by atoms with Crippen molar-refractivity contribution in [1.29, 1.82) is 0 Å². The molecule has 0 bridgehead atoms. The van der Waals surface area contributed by atoms with Crippen LogP contribution < -0.4 is 14.2 Å². The molecule has 158 valence electrons. The fourth-order valence-electron chi connectivity index (χ4n) is 1.94. The van der Waals surface area contributed by atoms with Gasteiger partial charge in [-0.05, 0) is 6.07 Å². The van der Waals surface area contributed by atoms with E-state index in [-0.39, 0.29) is 16.7 Å². The summed E-state index contributed by atoms with van der Waals surface area (Å²) in [5, 5.41) is -0.209. The summed E-state index contributed by atoms with van der Waals surface area (Å²) < 4.78 is 86.9. The maximum absolute atomic E-state index is 14.2. The van der Waals surface area contributed by atoms with Gasteiger partial charge in [0, 0.05) is 12.1 Å². The highest BCUT2D eigenvalue weighted by molar-refractivity contribution is 7.89. The maximum Gasteiger partial charge on any atom is 0.267 e. The third-order valence-electron chi connectivity index (χ3n) is 3.18. The SMILES string of the molecule is CS(=O)(=O)NC(=O)c1cc(F)c(Oc2cnc(OC(CF)CF)c(Cl)c2)cc1F. The minimum atomic E-state index is -3.98. The number of amides is 1. The van der Waals surface area contributed by atoms with E-state index < -0.39 is 58.3 Å². The lowest BCUT2D eigenvalue weighted by Crippen LogP contribution is -2.30. The summed E-state index contributed by atoms with van der Waals surface area (Å²) in [5.41, 5.74) is -0.858. The number of carbonyl (C=O) groups is 1. The van der Waals surface area contributed by atoms with Gasteiger partial charge in [-0.3, -0.25) is 4.79 Å². The van der Waals surface area contributed by atoms with Crippen molar-refractivity contribution in [2.45, 2.75) is 6.10 Å². The van der Waals surface area contributed by atoms with Crippen LogP contribution in [0.2, 0.25) is 5.02 Å². The highest BCUT2D eigenvalue weighted by Crippen LogP contribution is 2.31. The smallest absolute Gasteiger partial charge is 0.267 e. The lowest BCUT2D eigenvalue weighted by Gasteiger charge is -2.14. The van der Waals surface area contributed by atoms with E-state index in [4.69, 9.17) is 21.1 Å². The lowest BCUT2D eigenvalue weighted by atomic mass is 10.2. The van der Waals surface area contributed by atoms with Gasteiger partial charge in [-0.25, -0.2) is 35.7 Å². The van der Waals surface area contributed by atoms with Crippen molar-refractivity contribution >= 4 is 27.5 Å². The number of hydrogen-bond acceptors (Lipinski definition) is 6. The zero-order valence-electron chi connectivity index (χ0n) is 14.6.